The second kappa shape index (κ2) is 3.17. The van der Waals surface area contributed by atoms with Gasteiger partial charge in [-0.2, -0.15) is 0 Å². The molecule has 1 aromatic rings. The molecule has 0 aliphatic carbocycles. The molecular weight excluding hydrogens is 163 g/mol. The Morgan fingerprint density at radius 3 is 2.64 bits per heavy atom. The van der Waals surface area contributed by atoms with Gasteiger partial charge in [0.05, 0.1) is 4.88 Å². The lowest BCUT2D eigenvalue weighted by molar-refractivity contribution is 0.102. The Balaban J connectivity index is 0. The van der Waals surface area contributed by atoms with Gasteiger partial charge in [-0.05, 0) is 13.0 Å². The quantitative estimate of drug-likeness (QED) is 0.499. The van der Waals surface area contributed by atoms with E-state index in [9.17, 15) is 4.79 Å². The van der Waals surface area contributed by atoms with Crippen LogP contribution in [0.1, 0.15) is 22.5 Å². The Morgan fingerprint density at radius 2 is 2.36 bits per heavy atom. The molecule has 1 rings (SSSR count). The van der Waals surface area contributed by atoms with Crippen molar-refractivity contribution in [2.24, 2.45) is 0 Å². The first-order valence-electron chi connectivity index (χ1n) is 5.08. The molecule has 5 heteroatoms. The summed E-state index contributed by atoms with van der Waals surface area (Å²) < 4.78 is 20.4. The summed E-state index contributed by atoms with van der Waals surface area (Å²) in [5.41, 5.74) is 0. The predicted octanol–water partition coefficient (Wildman–Crippen LogP) is 0.123. The molecule has 1 aromatic heterocycles. The Kier molecular flexibility index (Phi) is 1.71. The van der Waals surface area contributed by atoms with Gasteiger partial charge in [0.1, 0.15) is 0 Å². The molecule has 0 aliphatic rings. The molecule has 0 bridgehead atoms. The van der Waals surface area contributed by atoms with E-state index in [1.54, 1.807) is 6.07 Å². The summed E-state index contributed by atoms with van der Waals surface area (Å²) >= 11 is 1.10. The Bertz CT molecular complexity index is 281. The van der Waals surface area contributed by atoms with E-state index in [1.165, 1.54) is 13.0 Å². The first-order chi connectivity index (χ1) is 7.11. The van der Waals surface area contributed by atoms with Gasteiger partial charge >= 0.3 is 7.12 Å². The van der Waals surface area contributed by atoms with E-state index in [1.807, 2.05) is 0 Å². The van der Waals surface area contributed by atoms with E-state index in [-0.39, 0.29) is 5.78 Å². The summed E-state index contributed by atoms with van der Waals surface area (Å²) in [6, 6.07) is 3.12. The number of ketones is 1. The first-order valence-corrected chi connectivity index (χ1v) is 3.89. The molecule has 0 aromatic carbocycles. The predicted molar refractivity (Wildman–Crippen MR) is 48.4 cm³/mol. The van der Waals surface area contributed by atoms with Crippen molar-refractivity contribution in [1.29, 1.82) is 0 Å². The summed E-state index contributed by atoms with van der Waals surface area (Å²) in [6.07, 6.45) is 0. The number of carbonyl (C=O) groups is 1. The smallest absolute Gasteiger partial charge is 0.423 e. The van der Waals surface area contributed by atoms with Gasteiger partial charge in [-0.1, -0.05) is 6.07 Å². The number of rotatable bonds is 2. The zero-order valence-electron chi connectivity index (χ0n) is 9.94. The van der Waals surface area contributed by atoms with Crippen LogP contribution in [-0.4, -0.2) is 22.9 Å². The molecule has 0 saturated carbocycles. The van der Waals surface area contributed by atoms with Crippen LogP contribution < -0.4 is 4.78 Å². The lowest BCUT2D eigenvalue weighted by Crippen LogP contribution is -2.26. The van der Waals surface area contributed by atoms with Crippen LogP contribution in [0.5, 0.6) is 0 Å². The van der Waals surface area contributed by atoms with Crippen molar-refractivity contribution in [3.05, 3.63) is 17.0 Å². The number of Topliss-reactive ketones (excluding diaryl/α,β-unsaturated/α-hetero) is 1. The highest BCUT2D eigenvalue weighted by atomic mass is 32.1. The van der Waals surface area contributed by atoms with Gasteiger partial charge < -0.3 is 10.0 Å². The fraction of sp³-hybridized carbons (Fsp3) is 0.167. The minimum Gasteiger partial charge on any atom is -0.423 e. The van der Waals surface area contributed by atoms with E-state index in [0.717, 1.165) is 11.3 Å². The molecule has 11 heavy (non-hydrogen) atoms. The molecule has 3 nitrogen and oxygen atoms in total. The van der Waals surface area contributed by atoms with Crippen molar-refractivity contribution in [3.8, 4) is 0 Å². The van der Waals surface area contributed by atoms with Crippen LogP contribution in [0, 0.1) is 0 Å². The van der Waals surface area contributed by atoms with E-state index >= 15 is 0 Å². The zero-order valence-corrected chi connectivity index (χ0v) is 6.76. The first kappa shape index (κ1) is 5.94. The molecular formula is C6H11BO3S. The molecule has 0 unspecified atom stereocenters. The highest BCUT2D eigenvalue weighted by Gasteiger charge is 2.14. The normalized spacial score (nSPS) is 11.2. The maximum absolute atomic E-state index is 10.7. The number of hydrogen-bond acceptors (Lipinski definition) is 4. The van der Waals surface area contributed by atoms with Crippen molar-refractivity contribution >= 4 is 29.0 Å². The molecule has 0 spiro atoms. The Labute approximate surface area is 74.6 Å². The largest absolute Gasteiger partial charge is 0.499 e. The van der Waals surface area contributed by atoms with Gasteiger partial charge in [-0.15, -0.1) is 11.3 Å². The molecule has 0 fully saturated rings. The third-order valence-corrected chi connectivity index (χ3v) is 2.45. The summed E-state index contributed by atoms with van der Waals surface area (Å²) in [5.74, 6) is -0.0538. The van der Waals surface area contributed by atoms with E-state index < -0.39 is 7.12 Å². The molecule has 0 atom stereocenters. The molecule has 2 N–H and O–H groups in total. The lowest BCUT2D eigenvalue weighted by atomic mass is 9.90. The Hall–Kier alpha value is -0.645. The Morgan fingerprint density at radius 1 is 1.73 bits per heavy atom. The molecule has 0 radical (unpaired) electrons. The number of thiophene rings is 1. The second-order valence-corrected chi connectivity index (χ2v) is 3.25. The standard InChI is InChI=1S/C6H7BO3S.2H2/c1-4(8)5-2-3-6(11-5)7(9)10;;/h2-3,9-10H,1H3;2*1H/i;2*1+1D. The SMILES string of the molecule is CC(=O)c1ccc(B(O)O)s1.[2H][2H].[2H][2H]. The van der Waals surface area contributed by atoms with Crippen LogP contribution >= 0.6 is 11.3 Å². The summed E-state index contributed by atoms with van der Waals surface area (Å²) in [5, 5.41) is 17.3. The number of carbonyl (C=O) groups excluding carboxylic acids is 1. The van der Waals surface area contributed by atoms with Crippen LogP contribution in [0.3, 0.4) is 0 Å². The van der Waals surface area contributed by atoms with Crippen LogP contribution in [0.2, 0.25) is 0 Å². The molecule has 62 valence electrons. The van der Waals surface area contributed by atoms with Gasteiger partial charge in [0, 0.05) is 10.7 Å². The zero-order chi connectivity index (χ0) is 12.4. The molecule has 1 heterocycles. The van der Waals surface area contributed by atoms with Crippen molar-refractivity contribution in [3.63, 3.8) is 0 Å². The van der Waals surface area contributed by atoms with Crippen molar-refractivity contribution in [1.82, 2.24) is 0 Å². The van der Waals surface area contributed by atoms with Crippen LogP contribution in [0.4, 0.5) is 0 Å². The van der Waals surface area contributed by atoms with E-state index in [4.69, 9.17) is 16.0 Å². The minimum absolute atomic E-state index is 0.0538. The van der Waals surface area contributed by atoms with Crippen molar-refractivity contribution in [2.75, 3.05) is 0 Å². The topological polar surface area (TPSA) is 57.5 Å². The lowest BCUT2D eigenvalue weighted by Gasteiger charge is -1.89. The fourth-order valence-corrected chi connectivity index (χ4v) is 1.46. The second-order valence-electron chi connectivity index (χ2n) is 2.13. The van der Waals surface area contributed by atoms with Crippen molar-refractivity contribution < 1.29 is 20.8 Å². The average molecular weight is 178 g/mol. The van der Waals surface area contributed by atoms with E-state index in [2.05, 4.69) is 0 Å². The highest BCUT2D eigenvalue weighted by molar-refractivity contribution is 7.23. The maximum atomic E-state index is 10.7. The van der Waals surface area contributed by atoms with E-state index in [0.29, 0.717) is 9.65 Å². The minimum atomic E-state index is -1.46. The van der Waals surface area contributed by atoms with Gasteiger partial charge in [0.25, 0.3) is 0 Å². The molecule has 0 amide bonds. The monoisotopic (exact) mass is 178 g/mol. The summed E-state index contributed by atoms with van der Waals surface area (Å²) in [6.45, 7) is 1.44. The summed E-state index contributed by atoms with van der Waals surface area (Å²) in [4.78, 5) is 11.3. The van der Waals surface area contributed by atoms with Gasteiger partial charge in [-0.3, -0.25) is 4.79 Å². The highest BCUT2D eigenvalue weighted by Crippen LogP contribution is 2.07. The third-order valence-electron chi connectivity index (χ3n) is 1.23. The number of hydrogen-bond donors (Lipinski definition) is 2. The summed E-state index contributed by atoms with van der Waals surface area (Å²) in [7, 11) is -1.46. The fourth-order valence-electron chi connectivity index (χ4n) is 0.681. The third kappa shape index (κ3) is 1.89. The molecule has 0 saturated heterocycles. The van der Waals surface area contributed by atoms with Crippen LogP contribution in [0.25, 0.3) is 0 Å². The average Bonchev–Trinajstić information content (AvgIpc) is 2.73. The van der Waals surface area contributed by atoms with Crippen LogP contribution in [-0.2, 0) is 0 Å². The maximum Gasteiger partial charge on any atom is 0.499 e. The van der Waals surface area contributed by atoms with Gasteiger partial charge in [0.2, 0.25) is 0 Å². The van der Waals surface area contributed by atoms with Gasteiger partial charge in [0.15, 0.2) is 5.78 Å². The molecule has 0 aliphatic heterocycles. The van der Waals surface area contributed by atoms with Crippen LogP contribution in [0.15, 0.2) is 12.1 Å². The van der Waals surface area contributed by atoms with Crippen molar-refractivity contribution in [2.45, 2.75) is 6.92 Å². The van der Waals surface area contributed by atoms with Gasteiger partial charge in [-0.25, -0.2) is 0 Å².